The van der Waals surface area contributed by atoms with Gasteiger partial charge in [0.25, 0.3) is 0 Å². The molecule has 3 nitrogen and oxygen atoms in total. The van der Waals surface area contributed by atoms with Crippen LogP contribution in [0, 0.1) is 13.8 Å². The Bertz CT molecular complexity index is 424. The minimum absolute atomic E-state index is 0.484. The first-order valence-electron chi connectivity index (χ1n) is 7.78. The molecule has 1 fully saturated rings. The van der Waals surface area contributed by atoms with Crippen LogP contribution in [0.1, 0.15) is 29.7 Å². The topological polar surface area (TPSA) is 18.5 Å². The second-order valence-electron chi connectivity index (χ2n) is 6.11. The van der Waals surface area contributed by atoms with Gasteiger partial charge in [0.1, 0.15) is 0 Å². The molecular weight excluding hydrogens is 246 g/mol. The first-order chi connectivity index (χ1) is 9.58. The van der Waals surface area contributed by atoms with E-state index in [1.807, 2.05) is 0 Å². The normalized spacial score (nSPS) is 18.4. The minimum Gasteiger partial charge on any atom is -0.314 e. The lowest BCUT2D eigenvalue weighted by atomic mass is 9.99. The Morgan fingerprint density at radius 3 is 2.65 bits per heavy atom. The molecule has 1 atom stereocenters. The summed E-state index contributed by atoms with van der Waals surface area (Å²) < 4.78 is 0. The van der Waals surface area contributed by atoms with Crippen molar-refractivity contribution in [2.75, 3.05) is 46.3 Å². The van der Waals surface area contributed by atoms with Crippen LogP contribution in [0.5, 0.6) is 0 Å². The van der Waals surface area contributed by atoms with Gasteiger partial charge in [0.05, 0.1) is 0 Å². The highest BCUT2D eigenvalue weighted by molar-refractivity contribution is 5.32. The molecule has 0 radical (unpaired) electrons. The third-order valence-corrected chi connectivity index (χ3v) is 4.52. The first kappa shape index (κ1) is 15.5. The molecule has 0 bridgehead atoms. The van der Waals surface area contributed by atoms with Crippen molar-refractivity contribution < 1.29 is 0 Å². The molecule has 1 aliphatic rings. The molecule has 1 unspecified atom stereocenters. The zero-order valence-corrected chi connectivity index (χ0v) is 13.4. The van der Waals surface area contributed by atoms with Gasteiger partial charge in [-0.2, -0.15) is 0 Å². The van der Waals surface area contributed by atoms with Crippen LogP contribution in [0.2, 0.25) is 0 Å². The summed E-state index contributed by atoms with van der Waals surface area (Å²) in [6.07, 6.45) is 0. The van der Waals surface area contributed by atoms with Crippen molar-refractivity contribution >= 4 is 0 Å². The SMILES string of the molecule is Cc1ccc(C)c(C(C)N(C)CCN2CCNCC2)c1. The van der Waals surface area contributed by atoms with Crippen LogP contribution >= 0.6 is 0 Å². The first-order valence-corrected chi connectivity index (χ1v) is 7.78. The summed E-state index contributed by atoms with van der Waals surface area (Å²) in [4.78, 5) is 5.03. The van der Waals surface area contributed by atoms with Crippen molar-refractivity contribution in [2.45, 2.75) is 26.8 Å². The number of piperazine rings is 1. The van der Waals surface area contributed by atoms with Crippen LogP contribution in [-0.4, -0.2) is 56.1 Å². The molecule has 1 saturated heterocycles. The van der Waals surface area contributed by atoms with Gasteiger partial charge in [0.2, 0.25) is 0 Å². The van der Waals surface area contributed by atoms with Crippen LogP contribution in [-0.2, 0) is 0 Å². The van der Waals surface area contributed by atoms with Crippen molar-refractivity contribution in [3.63, 3.8) is 0 Å². The monoisotopic (exact) mass is 275 g/mol. The van der Waals surface area contributed by atoms with E-state index in [0.29, 0.717) is 6.04 Å². The molecule has 1 N–H and O–H groups in total. The van der Waals surface area contributed by atoms with Gasteiger partial charge in [-0.3, -0.25) is 9.80 Å². The van der Waals surface area contributed by atoms with E-state index in [-0.39, 0.29) is 0 Å². The van der Waals surface area contributed by atoms with Crippen molar-refractivity contribution in [1.82, 2.24) is 15.1 Å². The molecule has 1 aromatic rings. The molecule has 1 aliphatic heterocycles. The maximum Gasteiger partial charge on any atom is 0.0320 e. The van der Waals surface area contributed by atoms with E-state index in [0.717, 1.165) is 19.6 Å². The third-order valence-electron chi connectivity index (χ3n) is 4.52. The predicted octanol–water partition coefficient (Wildman–Crippen LogP) is 2.20. The number of hydrogen-bond acceptors (Lipinski definition) is 3. The quantitative estimate of drug-likeness (QED) is 0.889. The van der Waals surface area contributed by atoms with Crippen LogP contribution in [0.4, 0.5) is 0 Å². The number of benzene rings is 1. The fourth-order valence-electron chi connectivity index (χ4n) is 2.87. The van der Waals surface area contributed by atoms with E-state index >= 15 is 0 Å². The summed E-state index contributed by atoms with van der Waals surface area (Å²) in [5.41, 5.74) is 4.22. The third kappa shape index (κ3) is 4.05. The Morgan fingerprint density at radius 2 is 1.95 bits per heavy atom. The Kier molecular flexibility index (Phi) is 5.58. The zero-order valence-electron chi connectivity index (χ0n) is 13.4. The average molecular weight is 275 g/mol. The number of hydrogen-bond donors (Lipinski definition) is 1. The molecule has 20 heavy (non-hydrogen) atoms. The van der Waals surface area contributed by atoms with Crippen molar-refractivity contribution in [2.24, 2.45) is 0 Å². The fraction of sp³-hybridized carbons (Fsp3) is 0.647. The number of nitrogens with one attached hydrogen (secondary N) is 1. The average Bonchev–Trinajstić information content (AvgIpc) is 2.47. The summed E-state index contributed by atoms with van der Waals surface area (Å²) in [5.74, 6) is 0. The van der Waals surface area contributed by atoms with Gasteiger partial charge >= 0.3 is 0 Å². The molecule has 3 heteroatoms. The van der Waals surface area contributed by atoms with Gasteiger partial charge in [-0.25, -0.2) is 0 Å². The van der Waals surface area contributed by atoms with Crippen molar-refractivity contribution in [3.05, 3.63) is 34.9 Å². The van der Waals surface area contributed by atoms with Gasteiger partial charge in [-0.15, -0.1) is 0 Å². The Labute approximate surface area is 124 Å². The van der Waals surface area contributed by atoms with E-state index in [1.165, 1.54) is 36.3 Å². The maximum atomic E-state index is 3.41. The molecule has 112 valence electrons. The molecule has 0 amide bonds. The molecule has 2 rings (SSSR count). The van der Waals surface area contributed by atoms with Gasteiger partial charge in [0, 0.05) is 45.3 Å². The van der Waals surface area contributed by atoms with Crippen LogP contribution in [0.25, 0.3) is 0 Å². The molecule has 0 aliphatic carbocycles. The fourth-order valence-corrected chi connectivity index (χ4v) is 2.87. The molecule has 0 saturated carbocycles. The summed E-state index contributed by atoms with van der Waals surface area (Å²) in [6, 6.07) is 7.26. The van der Waals surface area contributed by atoms with Gasteiger partial charge in [-0.1, -0.05) is 23.8 Å². The van der Waals surface area contributed by atoms with Gasteiger partial charge < -0.3 is 5.32 Å². The lowest BCUT2D eigenvalue weighted by molar-refractivity contribution is 0.183. The second kappa shape index (κ2) is 7.21. The second-order valence-corrected chi connectivity index (χ2v) is 6.11. The van der Waals surface area contributed by atoms with Crippen molar-refractivity contribution in [3.8, 4) is 0 Å². The summed E-state index contributed by atoms with van der Waals surface area (Å²) in [7, 11) is 2.24. The van der Waals surface area contributed by atoms with E-state index in [9.17, 15) is 0 Å². The van der Waals surface area contributed by atoms with E-state index in [2.05, 4.69) is 61.1 Å². The minimum atomic E-state index is 0.484. The molecule has 1 aromatic carbocycles. The highest BCUT2D eigenvalue weighted by Crippen LogP contribution is 2.23. The predicted molar refractivity (Wildman–Crippen MR) is 86.3 cm³/mol. The van der Waals surface area contributed by atoms with Crippen LogP contribution in [0.15, 0.2) is 18.2 Å². The lowest BCUT2D eigenvalue weighted by Gasteiger charge is -2.32. The Morgan fingerprint density at radius 1 is 1.25 bits per heavy atom. The van der Waals surface area contributed by atoms with Crippen LogP contribution < -0.4 is 5.32 Å². The largest absolute Gasteiger partial charge is 0.314 e. The van der Waals surface area contributed by atoms with Gasteiger partial charge in [0.15, 0.2) is 0 Å². The Balaban J connectivity index is 1.90. The molecular formula is C17H29N3. The van der Waals surface area contributed by atoms with E-state index < -0.39 is 0 Å². The smallest absolute Gasteiger partial charge is 0.0320 e. The van der Waals surface area contributed by atoms with E-state index in [4.69, 9.17) is 0 Å². The highest BCUT2D eigenvalue weighted by atomic mass is 15.2. The summed E-state index contributed by atoms with van der Waals surface area (Å²) >= 11 is 0. The number of nitrogens with zero attached hydrogens (tertiary/aromatic N) is 2. The van der Waals surface area contributed by atoms with Gasteiger partial charge in [-0.05, 0) is 38.9 Å². The molecule has 0 aromatic heterocycles. The maximum absolute atomic E-state index is 3.41. The highest BCUT2D eigenvalue weighted by Gasteiger charge is 2.16. The zero-order chi connectivity index (χ0) is 14.5. The van der Waals surface area contributed by atoms with Crippen molar-refractivity contribution in [1.29, 1.82) is 0 Å². The Hall–Kier alpha value is -0.900. The van der Waals surface area contributed by atoms with Crippen LogP contribution in [0.3, 0.4) is 0 Å². The lowest BCUT2D eigenvalue weighted by Crippen LogP contribution is -2.46. The summed E-state index contributed by atoms with van der Waals surface area (Å²) in [5, 5.41) is 3.41. The molecule has 1 heterocycles. The number of rotatable bonds is 5. The number of likely N-dealkylation sites (N-methyl/N-ethyl adjacent to an activating group) is 1. The number of aryl methyl sites for hydroxylation is 2. The standard InChI is InChI=1S/C17H29N3/c1-14-5-6-15(2)17(13-14)16(3)19(4)11-12-20-9-7-18-8-10-20/h5-6,13,16,18H,7-12H2,1-4H3. The molecule has 0 spiro atoms. The van der Waals surface area contributed by atoms with E-state index in [1.54, 1.807) is 0 Å². The summed E-state index contributed by atoms with van der Waals surface area (Å²) in [6.45, 7) is 13.7.